The van der Waals surface area contributed by atoms with E-state index in [1.165, 1.54) is 23.1 Å². The second kappa shape index (κ2) is 7.67. The average Bonchev–Trinajstić information content (AvgIpc) is 3.00. The van der Waals surface area contributed by atoms with Gasteiger partial charge in [-0.05, 0) is 17.7 Å². The number of aliphatic hydroxyl groups is 1. The number of pyridine rings is 1. The van der Waals surface area contributed by atoms with Gasteiger partial charge in [-0.1, -0.05) is 54.6 Å². The van der Waals surface area contributed by atoms with Crippen LogP contribution in [-0.2, 0) is 16.1 Å². The molecule has 144 valence electrons. The summed E-state index contributed by atoms with van der Waals surface area (Å²) in [5.74, 6) is -2.52. The Morgan fingerprint density at radius 1 is 1.00 bits per heavy atom. The molecule has 3 aromatic rings. The minimum atomic E-state index is -1.04. The maximum atomic E-state index is 14.7. The van der Waals surface area contributed by atoms with Gasteiger partial charge in [0.2, 0.25) is 0 Å². The Kier molecular flexibility index (Phi) is 4.91. The van der Waals surface area contributed by atoms with E-state index in [1.807, 2.05) is 0 Å². The van der Waals surface area contributed by atoms with Crippen LogP contribution in [0.25, 0.3) is 5.76 Å². The van der Waals surface area contributed by atoms with Crippen LogP contribution in [0.4, 0.5) is 4.39 Å². The summed E-state index contributed by atoms with van der Waals surface area (Å²) in [6.07, 6.45) is 3.18. The van der Waals surface area contributed by atoms with E-state index in [-0.39, 0.29) is 23.4 Å². The second-order valence-corrected chi connectivity index (χ2v) is 6.68. The summed E-state index contributed by atoms with van der Waals surface area (Å²) < 4.78 is 14.7. The molecule has 0 bridgehead atoms. The van der Waals surface area contributed by atoms with Gasteiger partial charge in [0, 0.05) is 30.1 Å². The summed E-state index contributed by atoms with van der Waals surface area (Å²) in [5.41, 5.74) is 1.09. The Labute approximate surface area is 166 Å². The molecule has 6 heteroatoms. The Morgan fingerprint density at radius 2 is 1.72 bits per heavy atom. The first-order valence-corrected chi connectivity index (χ1v) is 9.05. The van der Waals surface area contributed by atoms with Crippen molar-refractivity contribution in [1.29, 1.82) is 0 Å². The molecule has 1 N–H and O–H groups in total. The number of aromatic nitrogens is 1. The highest BCUT2D eigenvalue weighted by Gasteiger charge is 2.46. The SMILES string of the molecule is O=C1C(=O)N(Cc2cccnc2)[C@H](c2ccccc2F)/C1=C(\O)c1ccccc1. The highest BCUT2D eigenvalue weighted by atomic mass is 19.1. The third-order valence-electron chi connectivity index (χ3n) is 4.86. The summed E-state index contributed by atoms with van der Waals surface area (Å²) in [4.78, 5) is 31.0. The standard InChI is InChI=1S/C23H17FN2O3/c24-18-11-5-4-10-17(18)20-19(21(27)16-8-2-1-3-9-16)22(28)23(29)26(20)14-15-7-6-12-25-13-15/h1-13,20,27H,14H2/b21-19+/t20-/m1/s1. The van der Waals surface area contributed by atoms with Crippen molar-refractivity contribution in [3.63, 3.8) is 0 Å². The van der Waals surface area contributed by atoms with E-state index in [9.17, 15) is 19.1 Å². The minimum absolute atomic E-state index is 0.0585. The average molecular weight is 388 g/mol. The van der Waals surface area contributed by atoms with E-state index in [1.54, 1.807) is 60.9 Å². The van der Waals surface area contributed by atoms with E-state index in [2.05, 4.69) is 4.98 Å². The van der Waals surface area contributed by atoms with Crippen molar-refractivity contribution in [1.82, 2.24) is 9.88 Å². The molecule has 1 aliphatic rings. The molecule has 5 nitrogen and oxygen atoms in total. The number of carbonyl (C=O) groups excluding carboxylic acids is 2. The number of Topliss-reactive ketones (excluding diaryl/α,β-unsaturated/α-hetero) is 1. The zero-order valence-corrected chi connectivity index (χ0v) is 15.3. The fourth-order valence-electron chi connectivity index (χ4n) is 3.50. The number of benzene rings is 2. The van der Waals surface area contributed by atoms with Crippen molar-refractivity contribution in [2.24, 2.45) is 0 Å². The van der Waals surface area contributed by atoms with Crippen LogP contribution in [0.3, 0.4) is 0 Å². The van der Waals surface area contributed by atoms with E-state index >= 15 is 0 Å². The highest BCUT2D eigenvalue weighted by Crippen LogP contribution is 2.40. The molecule has 1 amide bonds. The Balaban J connectivity index is 1.89. The van der Waals surface area contributed by atoms with E-state index < -0.39 is 23.5 Å². The molecule has 1 aromatic heterocycles. The van der Waals surface area contributed by atoms with E-state index in [0.717, 1.165) is 0 Å². The summed E-state index contributed by atoms with van der Waals surface area (Å²) in [6.45, 7) is 0.0585. The number of hydrogen-bond donors (Lipinski definition) is 1. The maximum Gasteiger partial charge on any atom is 0.295 e. The number of carbonyl (C=O) groups is 2. The van der Waals surface area contributed by atoms with Crippen molar-refractivity contribution >= 4 is 17.4 Å². The van der Waals surface area contributed by atoms with Crippen LogP contribution < -0.4 is 0 Å². The number of amides is 1. The number of rotatable bonds is 4. The Hall–Kier alpha value is -3.80. The van der Waals surface area contributed by atoms with Gasteiger partial charge in [0.05, 0.1) is 11.6 Å². The molecule has 2 aromatic carbocycles. The summed E-state index contributed by atoms with van der Waals surface area (Å²) in [7, 11) is 0. The Bertz CT molecular complexity index is 1100. The first-order chi connectivity index (χ1) is 14.1. The molecule has 1 fully saturated rings. The van der Waals surface area contributed by atoms with Crippen molar-refractivity contribution in [2.75, 3.05) is 0 Å². The predicted octanol–water partition coefficient (Wildman–Crippen LogP) is 3.84. The van der Waals surface area contributed by atoms with Crippen LogP contribution in [0.15, 0.2) is 84.7 Å². The van der Waals surface area contributed by atoms with Crippen LogP contribution in [0.2, 0.25) is 0 Å². The molecular formula is C23H17FN2O3. The summed E-state index contributed by atoms with van der Waals surface area (Å²) in [6, 6.07) is 16.8. The number of hydrogen-bond acceptors (Lipinski definition) is 4. The minimum Gasteiger partial charge on any atom is -0.507 e. The van der Waals surface area contributed by atoms with Crippen LogP contribution >= 0.6 is 0 Å². The van der Waals surface area contributed by atoms with Gasteiger partial charge in [0.25, 0.3) is 11.7 Å². The Morgan fingerprint density at radius 3 is 2.41 bits per heavy atom. The van der Waals surface area contributed by atoms with Crippen LogP contribution in [0, 0.1) is 5.82 Å². The molecule has 0 aliphatic carbocycles. The van der Waals surface area contributed by atoms with Crippen molar-refractivity contribution < 1.29 is 19.1 Å². The van der Waals surface area contributed by atoms with Gasteiger partial charge in [-0.15, -0.1) is 0 Å². The molecule has 1 saturated heterocycles. The monoisotopic (exact) mass is 388 g/mol. The highest BCUT2D eigenvalue weighted by molar-refractivity contribution is 6.46. The maximum absolute atomic E-state index is 14.7. The lowest BCUT2D eigenvalue weighted by molar-refractivity contribution is -0.140. The van der Waals surface area contributed by atoms with Gasteiger partial charge in [-0.25, -0.2) is 4.39 Å². The zero-order valence-electron chi connectivity index (χ0n) is 15.3. The van der Waals surface area contributed by atoms with E-state index in [4.69, 9.17) is 0 Å². The molecule has 0 spiro atoms. The van der Waals surface area contributed by atoms with Gasteiger partial charge < -0.3 is 10.0 Å². The molecule has 4 rings (SSSR count). The predicted molar refractivity (Wildman–Crippen MR) is 105 cm³/mol. The second-order valence-electron chi connectivity index (χ2n) is 6.68. The summed E-state index contributed by atoms with van der Waals surface area (Å²) in [5, 5.41) is 10.9. The van der Waals surface area contributed by atoms with Gasteiger partial charge in [-0.3, -0.25) is 14.6 Å². The van der Waals surface area contributed by atoms with Gasteiger partial charge in [-0.2, -0.15) is 0 Å². The third-order valence-corrected chi connectivity index (χ3v) is 4.86. The topological polar surface area (TPSA) is 70.5 Å². The van der Waals surface area contributed by atoms with E-state index in [0.29, 0.717) is 11.1 Å². The lowest BCUT2D eigenvalue weighted by atomic mass is 9.95. The molecule has 1 aliphatic heterocycles. The third kappa shape index (κ3) is 3.40. The van der Waals surface area contributed by atoms with Crippen molar-refractivity contribution in [2.45, 2.75) is 12.6 Å². The lowest BCUT2D eigenvalue weighted by Gasteiger charge is -2.25. The number of nitrogens with zero attached hydrogens (tertiary/aromatic N) is 2. The fraction of sp³-hybridized carbons (Fsp3) is 0.0870. The molecule has 2 heterocycles. The lowest BCUT2D eigenvalue weighted by Crippen LogP contribution is -2.29. The van der Waals surface area contributed by atoms with Gasteiger partial charge in [0.1, 0.15) is 11.6 Å². The quantitative estimate of drug-likeness (QED) is 0.419. The smallest absolute Gasteiger partial charge is 0.295 e. The largest absolute Gasteiger partial charge is 0.507 e. The molecule has 1 atom stereocenters. The van der Waals surface area contributed by atoms with Gasteiger partial charge >= 0.3 is 0 Å². The van der Waals surface area contributed by atoms with Gasteiger partial charge in [0.15, 0.2) is 0 Å². The molecule has 0 unspecified atom stereocenters. The van der Waals surface area contributed by atoms with Crippen LogP contribution in [0.1, 0.15) is 22.7 Å². The first kappa shape index (κ1) is 18.6. The number of likely N-dealkylation sites (tertiary alicyclic amines) is 1. The van der Waals surface area contributed by atoms with Crippen LogP contribution in [-0.4, -0.2) is 26.7 Å². The fourth-order valence-corrected chi connectivity index (χ4v) is 3.50. The van der Waals surface area contributed by atoms with Crippen molar-refractivity contribution in [3.8, 4) is 0 Å². The first-order valence-electron chi connectivity index (χ1n) is 9.05. The van der Waals surface area contributed by atoms with Crippen LogP contribution in [0.5, 0.6) is 0 Å². The number of ketones is 1. The zero-order chi connectivity index (χ0) is 20.4. The summed E-state index contributed by atoms with van der Waals surface area (Å²) >= 11 is 0. The van der Waals surface area contributed by atoms with Crippen molar-refractivity contribution in [3.05, 3.63) is 107 Å². The molecular weight excluding hydrogens is 371 g/mol. The normalized spacial score (nSPS) is 18.2. The molecule has 0 saturated carbocycles. The molecule has 29 heavy (non-hydrogen) atoms. The number of aliphatic hydroxyl groups excluding tert-OH is 1. The molecule has 0 radical (unpaired) electrons. The number of halogens is 1.